The van der Waals surface area contributed by atoms with E-state index in [-0.39, 0.29) is 22.7 Å². The maximum Gasteiger partial charge on any atom is 0.280 e. The van der Waals surface area contributed by atoms with Gasteiger partial charge in [0.1, 0.15) is 24.2 Å². The van der Waals surface area contributed by atoms with Gasteiger partial charge in [0.05, 0.1) is 19.0 Å². The summed E-state index contributed by atoms with van der Waals surface area (Å²) in [6.45, 7) is -0.894. The summed E-state index contributed by atoms with van der Waals surface area (Å²) in [7, 11) is -17.5. The number of aliphatic hydroxyl groups is 1. The summed E-state index contributed by atoms with van der Waals surface area (Å²) >= 11 is 5.90. The minimum absolute atomic E-state index is 0.0435. The first-order valence-electron chi connectivity index (χ1n) is 7.66. The topological polar surface area (TPSA) is 241 Å². The van der Waals surface area contributed by atoms with Crippen LogP contribution in [0.15, 0.2) is 12.7 Å². The molecule has 1 aliphatic heterocycles. The van der Waals surface area contributed by atoms with E-state index in [2.05, 4.69) is 28.1 Å². The Bertz CT molecular complexity index is 1080. The molecule has 1 fully saturated rings. The normalized spacial score (nSPS) is 28.1. The van der Waals surface area contributed by atoms with Gasteiger partial charge in [-0.1, -0.05) is 11.6 Å². The van der Waals surface area contributed by atoms with Crippen molar-refractivity contribution in [1.82, 2.24) is 19.5 Å². The quantitative estimate of drug-likeness (QED) is 0.307. The second-order valence-electron chi connectivity index (χ2n) is 5.74. The highest BCUT2D eigenvalue weighted by molar-refractivity contribution is 7.65. The Kier molecular flexibility index (Phi) is 6.83. The number of phosphoric ester groups is 1. The molecule has 2 aromatic heterocycles. The number of phosphoric acid groups is 3. The third kappa shape index (κ3) is 5.90. The van der Waals surface area contributed by atoms with E-state index in [9.17, 15) is 33.5 Å². The van der Waals surface area contributed by atoms with Gasteiger partial charge in [-0.25, -0.2) is 23.6 Å². The lowest BCUT2D eigenvalue weighted by Crippen LogP contribution is -2.27. The van der Waals surface area contributed by atoms with Crippen molar-refractivity contribution in [2.75, 3.05) is 6.61 Å². The molecule has 0 saturated carbocycles. The van der Waals surface area contributed by atoms with Crippen LogP contribution >= 0.6 is 35.1 Å². The van der Waals surface area contributed by atoms with Crippen molar-refractivity contribution >= 4 is 46.2 Å². The number of hydrogen-bond donors (Lipinski definition) is 2. The zero-order chi connectivity index (χ0) is 22.3. The van der Waals surface area contributed by atoms with E-state index in [0.29, 0.717) is 0 Å². The lowest BCUT2D eigenvalue weighted by atomic mass is 10.2. The van der Waals surface area contributed by atoms with E-state index in [1.165, 1.54) is 17.2 Å². The number of ether oxygens (including phenoxy) is 1. The number of aromatic nitrogens is 4. The Hall–Kier alpha value is -0.830. The van der Waals surface area contributed by atoms with Gasteiger partial charge in [-0.05, 0) is 0 Å². The van der Waals surface area contributed by atoms with E-state index in [0.717, 1.165) is 0 Å². The Morgan fingerprint density at radius 3 is 2.57 bits per heavy atom. The standard InChI is InChI=1S/C10H14ClN4O12P3/c11-9-8-10(13-3-12-9)15(4-14-8)7-1-5(16)6(25-7)2-24-29(20,21)27-30(22,23)26-28(17,18)19/h3-7,16H,1-2H2,(H,20,21)(H,22,23)(H2,17,18,19)/p-3/t5?,6-,7-/m1/s1. The molecule has 0 aliphatic carbocycles. The number of nitrogens with zero attached hydrogens (tertiary/aromatic N) is 4. The van der Waals surface area contributed by atoms with Crippen molar-refractivity contribution in [3.8, 4) is 0 Å². The lowest BCUT2D eigenvalue weighted by Gasteiger charge is -2.33. The average Bonchev–Trinajstić information content (AvgIpc) is 3.14. The van der Waals surface area contributed by atoms with E-state index in [4.69, 9.17) is 21.2 Å². The molecule has 6 atom stereocenters. The lowest BCUT2D eigenvalue weighted by molar-refractivity contribution is -0.250. The second kappa shape index (κ2) is 8.60. The summed E-state index contributed by atoms with van der Waals surface area (Å²) in [5.41, 5.74) is 0.544. The molecule has 16 nitrogen and oxygen atoms in total. The zero-order valence-electron chi connectivity index (χ0n) is 14.3. The molecule has 4 unspecified atom stereocenters. The average molecular weight is 508 g/mol. The maximum atomic E-state index is 11.6. The fourth-order valence-corrected chi connectivity index (χ4v) is 5.60. The Morgan fingerprint density at radius 2 is 1.90 bits per heavy atom. The third-order valence-corrected chi connectivity index (χ3v) is 7.60. The van der Waals surface area contributed by atoms with Crippen LogP contribution in [-0.4, -0.2) is 48.3 Å². The molecule has 30 heavy (non-hydrogen) atoms. The summed E-state index contributed by atoms with van der Waals surface area (Å²) < 4.78 is 51.0. The van der Waals surface area contributed by atoms with Gasteiger partial charge >= 0.3 is 0 Å². The molecule has 3 heterocycles. The maximum absolute atomic E-state index is 11.6. The molecular weight excluding hydrogens is 497 g/mol. The monoisotopic (exact) mass is 507 g/mol. The summed E-state index contributed by atoms with van der Waals surface area (Å²) in [5.74, 6) is 0. The molecule has 2 aromatic rings. The number of aliphatic hydroxyl groups excluding tert-OH is 1. The molecule has 168 valence electrons. The smallest absolute Gasteiger partial charge is 0.280 e. The first-order valence-corrected chi connectivity index (χ1v) is 12.5. The SMILES string of the molecule is O=P([O-])(O)OP(=O)([O-])OP(=O)([O-])OC[C@H]1O[C@@H](n2cnc3c(Cl)ncnc32)CC1O. The molecule has 0 bridgehead atoms. The predicted octanol–water partition coefficient (Wildman–Crippen LogP) is -1.42. The first kappa shape index (κ1) is 23.8. The van der Waals surface area contributed by atoms with Crippen molar-refractivity contribution < 1.29 is 56.3 Å². The summed E-state index contributed by atoms with van der Waals surface area (Å²) in [6, 6.07) is 0. The van der Waals surface area contributed by atoms with Crippen LogP contribution in [0.25, 0.3) is 11.2 Å². The molecule has 3 rings (SSSR count). The van der Waals surface area contributed by atoms with E-state index in [1.54, 1.807) is 0 Å². The summed E-state index contributed by atoms with van der Waals surface area (Å²) in [5, 5.41) is 10.2. The third-order valence-electron chi connectivity index (χ3n) is 3.63. The molecule has 1 saturated heterocycles. The van der Waals surface area contributed by atoms with E-state index in [1.807, 2.05) is 0 Å². The van der Waals surface area contributed by atoms with Crippen LogP contribution in [0.4, 0.5) is 0 Å². The molecule has 0 aromatic carbocycles. The van der Waals surface area contributed by atoms with Crippen molar-refractivity contribution in [3.63, 3.8) is 0 Å². The molecule has 1 aliphatic rings. The van der Waals surface area contributed by atoms with Gasteiger partial charge in [0.2, 0.25) is 0 Å². The number of fused-ring (bicyclic) bond motifs is 1. The van der Waals surface area contributed by atoms with Crippen LogP contribution in [0.1, 0.15) is 12.6 Å². The molecule has 0 spiro atoms. The van der Waals surface area contributed by atoms with Crippen molar-refractivity contribution in [3.05, 3.63) is 17.8 Å². The van der Waals surface area contributed by atoms with Crippen LogP contribution in [0.5, 0.6) is 0 Å². The van der Waals surface area contributed by atoms with Gasteiger partial charge in [0.15, 0.2) is 10.8 Å². The van der Waals surface area contributed by atoms with Crippen molar-refractivity contribution in [2.45, 2.75) is 24.9 Å². The van der Waals surface area contributed by atoms with Crippen molar-refractivity contribution in [1.29, 1.82) is 0 Å². The number of imidazole rings is 1. The fraction of sp³-hybridized carbons (Fsp3) is 0.500. The predicted molar refractivity (Wildman–Crippen MR) is 88.0 cm³/mol. The number of rotatable bonds is 8. The number of hydrogen-bond acceptors (Lipinski definition) is 14. The van der Waals surface area contributed by atoms with Gasteiger partial charge in [0.25, 0.3) is 23.5 Å². The molecule has 2 N–H and O–H groups in total. The Morgan fingerprint density at radius 1 is 1.20 bits per heavy atom. The molecule has 0 amide bonds. The van der Waals surface area contributed by atoms with Crippen LogP contribution < -0.4 is 14.7 Å². The minimum atomic E-state index is -6.01. The summed E-state index contributed by atoms with van der Waals surface area (Å²) in [6.07, 6.45) is -0.917. The van der Waals surface area contributed by atoms with Crippen LogP contribution in [0.3, 0.4) is 0 Å². The minimum Gasteiger partial charge on any atom is -0.756 e. The second-order valence-corrected chi connectivity index (χ2v) is 10.4. The van der Waals surface area contributed by atoms with Gasteiger partial charge in [-0.3, -0.25) is 18.3 Å². The zero-order valence-corrected chi connectivity index (χ0v) is 17.7. The Balaban J connectivity index is 1.64. The van der Waals surface area contributed by atoms with Crippen LogP contribution in [-0.2, 0) is 31.6 Å². The first-order chi connectivity index (χ1) is 13.8. The molecule has 0 radical (unpaired) electrons. The largest absolute Gasteiger partial charge is 0.756 e. The van der Waals surface area contributed by atoms with Gasteiger partial charge < -0.3 is 33.9 Å². The van der Waals surface area contributed by atoms with E-state index < -0.39 is 48.5 Å². The van der Waals surface area contributed by atoms with Crippen molar-refractivity contribution in [2.24, 2.45) is 0 Å². The number of halogens is 1. The highest BCUT2D eigenvalue weighted by Gasteiger charge is 2.37. The fourth-order valence-electron chi connectivity index (χ4n) is 2.52. The van der Waals surface area contributed by atoms with Gasteiger partial charge in [-0.15, -0.1) is 0 Å². The van der Waals surface area contributed by atoms with Crippen LogP contribution in [0, 0.1) is 0 Å². The van der Waals surface area contributed by atoms with E-state index >= 15 is 0 Å². The summed E-state index contributed by atoms with van der Waals surface area (Å²) in [4.78, 5) is 53.3. The van der Waals surface area contributed by atoms with Gasteiger partial charge in [0, 0.05) is 6.42 Å². The molecule has 20 heteroatoms. The highest BCUT2D eigenvalue weighted by Crippen LogP contribution is 2.61. The Labute approximate surface area is 171 Å². The van der Waals surface area contributed by atoms with Crippen LogP contribution in [0.2, 0.25) is 5.15 Å². The van der Waals surface area contributed by atoms with Gasteiger partial charge in [-0.2, -0.15) is 0 Å². The molecular formula is C10H11ClN4O12P3-3. The highest BCUT2D eigenvalue weighted by atomic mass is 35.5.